The van der Waals surface area contributed by atoms with Gasteiger partial charge in [-0.05, 0) is 38.3 Å². The minimum Gasteiger partial charge on any atom is -0.464 e. The van der Waals surface area contributed by atoms with E-state index < -0.39 is 0 Å². The predicted molar refractivity (Wildman–Crippen MR) is 88.4 cm³/mol. The number of hydrogen-bond acceptors (Lipinski definition) is 2. The highest BCUT2D eigenvalue weighted by Crippen LogP contribution is 2.34. The largest absolute Gasteiger partial charge is 0.464 e. The minimum atomic E-state index is 0.303. The van der Waals surface area contributed by atoms with Gasteiger partial charge in [0.2, 0.25) is 0 Å². The molecule has 1 N–H and O–H groups in total. The van der Waals surface area contributed by atoms with Crippen LogP contribution in [0.5, 0.6) is 0 Å². The number of hydrogen-bond donors (Lipinski definition) is 1. The molecule has 2 heteroatoms. The van der Waals surface area contributed by atoms with E-state index >= 15 is 0 Å². The van der Waals surface area contributed by atoms with Gasteiger partial charge in [0.05, 0.1) is 12.3 Å². The summed E-state index contributed by atoms with van der Waals surface area (Å²) in [6.45, 7) is 3.15. The van der Waals surface area contributed by atoms with Gasteiger partial charge >= 0.3 is 0 Å². The number of rotatable bonds is 4. The molecule has 1 aliphatic carbocycles. The fourth-order valence-electron chi connectivity index (χ4n) is 3.35. The number of benzene rings is 1. The smallest absolute Gasteiger partial charge is 0.134 e. The highest BCUT2D eigenvalue weighted by molar-refractivity contribution is 5.81. The van der Waals surface area contributed by atoms with Gasteiger partial charge in [-0.25, -0.2) is 0 Å². The van der Waals surface area contributed by atoms with E-state index in [0.717, 1.165) is 12.1 Å². The summed E-state index contributed by atoms with van der Waals surface area (Å²) in [6, 6.07) is 8.65. The maximum atomic E-state index is 5.76. The van der Waals surface area contributed by atoms with E-state index in [9.17, 15) is 0 Å². The molecule has 3 rings (SSSR count). The van der Waals surface area contributed by atoms with Gasteiger partial charge in [0.25, 0.3) is 0 Å². The first-order valence-corrected chi connectivity index (χ1v) is 8.28. The van der Waals surface area contributed by atoms with E-state index in [0.29, 0.717) is 6.04 Å². The SMILES string of the molecule is CCNC(/C1=C/CCCCCC1)c1coc2ccccc12. The van der Waals surface area contributed by atoms with Gasteiger partial charge in [-0.1, -0.05) is 49.6 Å². The third kappa shape index (κ3) is 3.21. The molecule has 1 unspecified atom stereocenters. The molecule has 1 aliphatic rings. The molecule has 0 radical (unpaired) electrons. The summed E-state index contributed by atoms with van der Waals surface area (Å²) in [6.07, 6.45) is 12.2. The molecule has 0 bridgehead atoms. The first-order valence-electron chi connectivity index (χ1n) is 8.28. The summed E-state index contributed by atoms with van der Waals surface area (Å²) in [4.78, 5) is 0. The number of likely N-dealkylation sites (N-methyl/N-ethyl adjacent to an activating group) is 1. The summed E-state index contributed by atoms with van der Waals surface area (Å²) >= 11 is 0. The molecule has 112 valence electrons. The molecule has 0 aliphatic heterocycles. The second kappa shape index (κ2) is 6.95. The van der Waals surface area contributed by atoms with Gasteiger partial charge in [-0.15, -0.1) is 0 Å². The third-order valence-electron chi connectivity index (χ3n) is 4.43. The molecule has 1 atom stereocenters. The van der Waals surface area contributed by atoms with E-state index in [1.54, 1.807) is 5.57 Å². The zero-order chi connectivity index (χ0) is 14.5. The lowest BCUT2D eigenvalue weighted by Crippen LogP contribution is -2.23. The molecule has 1 heterocycles. The summed E-state index contributed by atoms with van der Waals surface area (Å²) in [5.41, 5.74) is 3.82. The predicted octanol–water partition coefficient (Wildman–Crippen LogP) is 5.36. The van der Waals surface area contributed by atoms with Crippen molar-refractivity contribution >= 4 is 11.0 Å². The Morgan fingerprint density at radius 2 is 2.00 bits per heavy atom. The minimum absolute atomic E-state index is 0.303. The Morgan fingerprint density at radius 1 is 1.14 bits per heavy atom. The lowest BCUT2D eigenvalue weighted by molar-refractivity contribution is 0.544. The van der Waals surface area contributed by atoms with Crippen molar-refractivity contribution in [2.24, 2.45) is 0 Å². The molecule has 0 amide bonds. The van der Waals surface area contributed by atoms with Gasteiger partial charge < -0.3 is 9.73 Å². The Labute approximate surface area is 127 Å². The topological polar surface area (TPSA) is 25.2 Å². The summed E-state index contributed by atoms with van der Waals surface area (Å²) in [5.74, 6) is 0. The van der Waals surface area contributed by atoms with Gasteiger partial charge in [-0.2, -0.15) is 0 Å². The Bertz CT molecular complexity index is 611. The van der Waals surface area contributed by atoms with E-state index in [1.807, 2.05) is 18.4 Å². The molecular formula is C19H25NO. The van der Waals surface area contributed by atoms with Crippen molar-refractivity contribution in [3.05, 3.63) is 47.7 Å². The Morgan fingerprint density at radius 3 is 2.90 bits per heavy atom. The van der Waals surface area contributed by atoms with Crippen LogP contribution < -0.4 is 5.32 Å². The Kier molecular flexibility index (Phi) is 4.76. The van der Waals surface area contributed by atoms with Crippen LogP contribution >= 0.6 is 0 Å². The molecule has 21 heavy (non-hydrogen) atoms. The summed E-state index contributed by atoms with van der Waals surface area (Å²) in [7, 11) is 0. The molecule has 2 aromatic rings. The average molecular weight is 283 g/mol. The van der Waals surface area contributed by atoms with Crippen molar-refractivity contribution in [3.8, 4) is 0 Å². The van der Waals surface area contributed by atoms with E-state index in [2.05, 4.69) is 30.4 Å². The molecular weight excluding hydrogens is 258 g/mol. The van der Waals surface area contributed by atoms with Crippen molar-refractivity contribution in [2.75, 3.05) is 6.54 Å². The summed E-state index contributed by atoms with van der Waals surface area (Å²) < 4.78 is 5.76. The van der Waals surface area contributed by atoms with Gasteiger partial charge in [0.15, 0.2) is 0 Å². The second-order valence-electron chi connectivity index (χ2n) is 5.91. The number of furan rings is 1. The zero-order valence-electron chi connectivity index (χ0n) is 12.9. The summed E-state index contributed by atoms with van der Waals surface area (Å²) in [5, 5.41) is 4.91. The number of allylic oxidation sites excluding steroid dienone is 1. The maximum Gasteiger partial charge on any atom is 0.134 e. The fourth-order valence-corrected chi connectivity index (χ4v) is 3.35. The van der Waals surface area contributed by atoms with Crippen LogP contribution in [-0.2, 0) is 0 Å². The second-order valence-corrected chi connectivity index (χ2v) is 5.91. The highest BCUT2D eigenvalue weighted by atomic mass is 16.3. The van der Waals surface area contributed by atoms with Crippen LogP contribution in [0.25, 0.3) is 11.0 Å². The van der Waals surface area contributed by atoms with Crippen LogP contribution in [0.4, 0.5) is 0 Å². The fraction of sp³-hybridized carbons (Fsp3) is 0.474. The normalized spacial score (nSPS) is 20.5. The van der Waals surface area contributed by atoms with Crippen LogP contribution in [0.1, 0.15) is 57.1 Å². The van der Waals surface area contributed by atoms with Crippen molar-refractivity contribution in [3.63, 3.8) is 0 Å². The molecule has 1 aromatic heterocycles. The first kappa shape index (κ1) is 14.4. The molecule has 0 saturated heterocycles. The molecule has 0 fully saturated rings. The first-order chi connectivity index (χ1) is 10.4. The molecule has 1 aromatic carbocycles. The number of para-hydroxylation sites is 1. The maximum absolute atomic E-state index is 5.76. The lowest BCUT2D eigenvalue weighted by atomic mass is 9.90. The van der Waals surface area contributed by atoms with Crippen molar-refractivity contribution in [1.29, 1.82) is 0 Å². The van der Waals surface area contributed by atoms with Crippen LogP contribution in [0.2, 0.25) is 0 Å². The zero-order valence-corrected chi connectivity index (χ0v) is 12.9. The van der Waals surface area contributed by atoms with Gasteiger partial charge in [-0.3, -0.25) is 0 Å². The van der Waals surface area contributed by atoms with E-state index in [1.165, 1.54) is 49.5 Å². The van der Waals surface area contributed by atoms with Crippen molar-refractivity contribution in [2.45, 2.75) is 51.5 Å². The van der Waals surface area contributed by atoms with Crippen molar-refractivity contribution < 1.29 is 4.42 Å². The number of fused-ring (bicyclic) bond motifs is 1. The van der Waals surface area contributed by atoms with Crippen LogP contribution in [0.15, 0.2) is 46.6 Å². The van der Waals surface area contributed by atoms with Crippen LogP contribution in [-0.4, -0.2) is 6.54 Å². The third-order valence-corrected chi connectivity index (χ3v) is 4.43. The Balaban J connectivity index is 1.96. The molecule has 0 saturated carbocycles. The molecule has 0 spiro atoms. The van der Waals surface area contributed by atoms with Crippen molar-refractivity contribution in [1.82, 2.24) is 5.32 Å². The Hall–Kier alpha value is -1.54. The van der Waals surface area contributed by atoms with Crippen LogP contribution in [0.3, 0.4) is 0 Å². The molecule has 2 nitrogen and oxygen atoms in total. The average Bonchev–Trinajstić information content (AvgIpc) is 2.89. The quantitative estimate of drug-likeness (QED) is 0.764. The van der Waals surface area contributed by atoms with E-state index in [4.69, 9.17) is 4.42 Å². The van der Waals surface area contributed by atoms with Gasteiger partial charge in [0, 0.05) is 10.9 Å². The lowest BCUT2D eigenvalue weighted by Gasteiger charge is -2.22. The highest BCUT2D eigenvalue weighted by Gasteiger charge is 2.20. The standard InChI is InChI=1S/C19H25NO/c1-2-20-19(15-10-6-4-3-5-7-11-15)17-14-21-18-13-9-8-12-16(17)18/h8-10,12-14,19-20H,2-7,11H2,1H3/b15-10+. The monoisotopic (exact) mass is 283 g/mol. The van der Waals surface area contributed by atoms with Gasteiger partial charge in [0.1, 0.15) is 5.58 Å². The van der Waals surface area contributed by atoms with E-state index in [-0.39, 0.29) is 0 Å². The number of nitrogens with one attached hydrogen (secondary N) is 1. The van der Waals surface area contributed by atoms with Crippen LogP contribution in [0, 0.1) is 0 Å².